The highest BCUT2D eigenvalue weighted by Crippen LogP contribution is 2.25. The number of amides is 2. The zero-order valence-corrected chi connectivity index (χ0v) is 17.7. The molecule has 1 aliphatic heterocycles. The normalized spacial score (nSPS) is 19.3. The molecular formula is C22H34ClN3O2. The van der Waals surface area contributed by atoms with E-state index in [1.165, 1.54) is 19.3 Å². The first kappa shape index (κ1) is 22.7. The Balaban J connectivity index is 0.00000280. The molecule has 2 fully saturated rings. The summed E-state index contributed by atoms with van der Waals surface area (Å²) in [4.78, 5) is 24.7. The van der Waals surface area contributed by atoms with E-state index in [2.05, 4.69) is 22.9 Å². The fourth-order valence-electron chi connectivity index (χ4n) is 4.30. The molecule has 2 aliphatic rings. The molecule has 0 aromatic heterocycles. The van der Waals surface area contributed by atoms with E-state index in [1.807, 2.05) is 12.1 Å². The van der Waals surface area contributed by atoms with E-state index in [9.17, 15) is 9.59 Å². The van der Waals surface area contributed by atoms with Crippen LogP contribution < -0.4 is 16.0 Å². The summed E-state index contributed by atoms with van der Waals surface area (Å²) < 4.78 is 0. The molecule has 6 heteroatoms. The Morgan fingerprint density at radius 1 is 1.04 bits per heavy atom. The van der Waals surface area contributed by atoms with E-state index < -0.39 is 0 Å². The van der Waals surface area contributed by atoms with E-state index in [0.29, 0.717) is 29.9 Å². The Hall–Kier alpha value is -1.59. The van der Waals surface area contributed by atoms with Gasteiger partial charge in [-0.25, -0.2) is 0 Å². The minimum atomic E-state index is -0.0145. The van der Waals surface area contributed by atoms with Crippen LogP contribution in [0, 0.1) is 11.8 Å². The predicted octanol–water partition coefficient (Wildman–Crippen LogP) is 4.14. The summed E-state index contributed by atoms with van der Waals surface area (Å²) in [6, 6.07) is 7.54. The van der Waals surface area contributed by atoms with Crippen molar-refractivity contribution in [3.63, 3.8) is 0 Å². The molecule has 0 spiro atoms. The van der Waals surface area contributed by atoms with Gasteiger partial charge in [0.15, 0.2) is 0 Å². The number of carbonyl (C=O) groups is 2. The first-order valence-electron chi connectivity index (χ1n) is 10.5. The third-order valence-electron chi connectivity index (χ3n) is 6.07. The summed E-state index contributed by atoms with van der Waals surface area (Å²) in [7, 11) is 0. The van der Waals surface area contributed by atoms with E-state index in [1.54, 1.807) is 12.1 Å². The van der Waals surface area contributed by atoms with Crippen molar-refractivity contribution in [3.8, 4) is 0 Å². The maximum atomic E-state index is 12.4. The molecular weight excluding hydrogens is 374 g/mol. The van der Waals surface area contributed by atoms with Crippen LogP contribution in [0.25, 0.3) is 0 Å². The molecule has 1 aromatic rings. The highest BCUT2D eigenvalue weighted by molar-refractivity contribution is 5.96. The molecule has 2 amide bonds. The molecule has 0 radical (unpaired) electrons. The highest BCUT2D eigenvalue weighted by atomic mass is 35.5. The van der Waals surface area contributed by atoms with Gasteiger partial charge in [-0.05, 0) is 74.9 Å². The third kappa shape index (κ3) is 6.78. The van der Waals surface area contributed by atoms with Gasteiger partial charge in [0.1, 0.15) is 0 Å². The first-order chi connectivity index (χ1) is 13.1. The number of carbonyl (C=O) groups excluding carboxylic acids is 2. The topological polar surface area (TPSA) is 70.2 Å². The van der Waals surface area contributed by atoms with Gasteiger partial charge in [0.25, 0.3) is 5.91 Å². The first-order valence-corrected chi connectivity index (χ1v) is 10.5. The van der Waals surface area contributed by atoms with Gasteiger partial charge in [-0.3, -0.25) is 9.59 Å². The average molecular weight is 408 g/mol. The zero-order valence-electron chi connectivity index (χ0n) is 16.8. The van der Waals surface area contributed by atoms with Crippen LogP contribution in [0.2, 0.25) is 0 Å². The van der Waals surface area contributed by atoms with Crippen LogP contribution in [0.4, 0.5) is 5.69 Å². The Morgan fingerprint density at radius 2 is 1.68 bits per heavy atom. The standard InChI is InChI=1S/C22H33N3O2.ClH/c1-16(17-11-13-23-14-12-17)15-21(26)24-20-9-7-18(8-10-20)22(27)25-19-5-3-2-4-6-19;/h7-10,16-17,19,23H,2-6,11-15H2,1H3,(H,24,26)(H,25,27);1H. The van der Waals surface area contributed by atoms with Crippen molar-refractivity contribution < 1.29 is 9.59 Å². The Labute approximate surface area is 174 Å². The van der Waals surface area contributed by atoms with Crippen LogP contribution in [-0.4, -0.2) is 30.9 Å². The Bertz CT molecular complexity index is 623. The second-order valence-electron chi connectivity index (χ2n) is 8.20. The van der Waals surface area contributed by atoms with Gasteiger partial charge in [0.05, 0.1) is 0 Å². The lowest BCUT2D eigenvalue weighted by Crippen LogP contribution is -2.36. The zero-order chi connectivity index (χ0) is 19.1. The van der Waals surface area contributed by atoms with E-state index >= 15 is 0 Å². The quantitative estimate of drug-likeness (QED) is 0.663. The number of nitrogens with one attached hydrogen (secondary N) is 3. The van der Waals surface area contributed by atoms with Gasteiger partial charge in [0, 0.05) is 23.7 Å². The second kappa shape index (κ2) is 11.4. The lowest BCUT2D eigenvalue weighted by molar-refractivity contribution is -0.117. The summed E-state index contributed by atoms with van der Waals surface area (Å²) in [5.41, 5.74) is 1.41. The van der Waals surface area contributed by atoms with Crippen molar-refractivity contribution in [2.45, 2.75) is 64.3 Å². The number of hydrogen-bond donors (Lipinski definition) is 3. The summed E-state index contributed by atoms with van der Waals surface area (Å²) in [5.74, 6) is 1.07. The van der Waals surface area contributed by atoms with E-state index in [-0.39, 0.29) is 24.2 Å². The smallest absolute Gasteiger partial charge is 0.251 e. The molecule has 1 saturated carbocycles. The molecule has 3 N–H and O–H groups in total. The number of rotatable bonds is 6. The highest BCUT2D eigenvalue weighted by Gasteiger charge is 2.22. The van der Waals surface area contributed by atoms with Crippen molar-refractivity contribution in [2.75, 3.05) is 18.4 Å². The monoisotopic (exact) mass is 407 g/mol. The maximum Gasteiger partial charge on any atom is 0.251 e. The molecule has 1 heterocycles. The number of halogens is 1. The minimum Gasteiger partial charge on any atom is -0.349 e. The largest absolute Gasteiger partial charge is 0.349 e. The van der Waals surface area contributed by atoms with Crippen molar-refractivity contribution in [1.82, 2.24) is 10.6 Å². The van der Waals surface area contributed by atoms with Gasteiger partial charge < -0.3 is 16.0 Å². The van der Waals surface area contributed by atoms with E-state index in [0.717, 1.165) is 44.5 Å². The fourth-order valence-corrected chi connectivity index (χ4v) is 4.30. The van der Waals surface area contributed by atoms with Crippen molar-refractivity contribution in [2.24, 2.45) is 11.8 Å². The molecule has 1 unspecified atom stereocenters. The van der Waals surface area contributed by atoms with Crippen LogP contribution in [-0.2, 0) is 4.79 Å². The van der Waals surface area contributed by atoms with Crippen LogP contribution in [0.15, 0.2) is 24.3 Å². The van der Waals surface area contributed by atoms with Gasteiger partial charge in [-0.1, -0.05) is 26.2 Å². The van der Waals surface area contributed by atoms with E-state index in [4.69, 9.17) is 0 Å². The SMILES string of the molecule is CC(CC(=O)Nc1ccc(C(=O)NC2CCCCC2)cc1)C1CCNCC1.Cl. The molecule has 3 rings (SSSR count). The molecule has 0 bridgehead atoms. The molecule has 156 valence electrons. The van der Waals surface area contributed by atoms with Crippen LogP contribution in [0.5, 0.6) is 0 Å². The lowest BCUT2D eigenvalue weighted by Gasteiger charge is -2.27. The number of benzene rings is 1. The van der Waals surface area contributed by atoms with Crippen molar-refractivity contribution in [3.05, 3.63) is 29.8 Å². The number of hydrogen-bond acceptors (Lipinski definition) is 3. The molecule has 1 atom stereocenters. The molecule has 1 aromatic carbocycles. The van der Waals surface area contributed by atoms with Gasteiger partial charge in [-0.2, -0.15) is 0 Å². The summed E-state index contributed by atoms with van der Waals surface area (Å²) in [6.45, 7) is 4.29. The van der Waals surface area contributed by atoms with Gasteiger partial charge in [-0.15, -0.1) is 12.4 Å². The lowest BCUT2D eigenvalue weighted by atomic mass is 9.84. The fraction of sp³-hybridized carbons (Fsp3) is 0.636. The average Bonchev–Trinajstić information content (AvgIpc) is 2.70. The molecule has 1 aliphatic carbocycles. The second-order valence-corrected chi connectivity index (χ2v) is 8.20. The predicted molar refractivity (Wildman–Crippen MR) is 116 cm³/mol. The maximum absolute atomic E-state index is 12.4. The molecule has 5 nitrogen and oxygen atoms in total. The summed E-state index contributed by atoms with van der Waals surface area (Å²) in [5, 5.41) is 9.47. The third-order valence-corrected chi connectivity index (χ3v) is 6.07. The van der Waals surface area contributed by atoms with Crippen LogP contribution in [0.3, 0.4) is 0 Å². The summed E-state index contributed by atoms with van der Waals surface area (Å²) in [6.07, 6.45) is 8.69. The van der Waals surface area contributed by atoms with Crippen molar-refractivity contribution >= 4 is 29.9 Å². The Kier molecular flexibility index (Phi) is 9.26. The number of piperidine rings is 1. The van der Waals surface area contributed by atoms with Crippen LogP contribution >= 0.6 is 12.4 Å². The van der Waals surface area contributed by atoms with Gasteiger partial charge >= 0.3 is 0 Å². The molecule has 1 saturated heterocycles. The van der Waals surface area contributed by atoms with Gasteiger partial charge in [0.2, 0.25) is 5.91 Å². The van der Waals surface area contributed by atoms with Crippen molar-refractivity contribution in [1.29, 1.82) is 0 Å². The number of anilines is 1. The summed E-state index contributed by atoms with van der Waals surface area (Å²) >= 11 is 0. The molecule has 28 heavy (non-hydrogen) atoms. The minimum absolute atomic E-state index is 0. The Morgan fingerprint density at radius 3 is 2.32 bits per heavy atom. The van der Waals surface area contributed by atoms with Crippen LogP contribution in [0.1, 0.15) is 68.6 Å².